The van der Waals surface area contributed by atoms with Gasteiger partial charge in [0.15, 0.2) is 0 Å². The highest BCUT2D eigenvalue weighted by molar-refractivity contribution is 5.81. The Bertz CT molecular complexity index is 907. The molecule has 0 atom stereocenters. The Balaban J connectivity index is 1.38. The number of rotatable bonds is 4. The van der Waals surface area contributed by atoms with Gasteiger partial charge in [-0.1, -0.05) is 18.2 Å². The van der Waals surface area contributed by atoms with Gasteiger partial charge in [0.1, 0.15) is 23.6 Å². The molecule has 1 saturated heterocycles. The molecule has 0 amide bonds. The predicted molar refractivity (Wildman–Crippen MR) is 90.4 cm³/mol. The summed E-state index contributed by atoms with van der Waals surface area (Å²) in [5.74, 6) is 0.709. The molecular weight excluding hydrogens is 300 g/mol. The van der Waals surface area contributed by atoms with Crippen LogP contribution in [-0.4, -0.2) is 34.1 Å². The van der Waals surface area contributed by atoms with Crippen molar-refractivity contribution in [2.45, 2.75) is 12.6 Å². The lowest BCUT2D eigenvalue weighted by Crippen LogP contribution is -2.53. The average Bonchev–Trinajstić information content (AvgIpc) is 2.60. The lowest BCUT2D eigenvalue weighted by atomic mass is 10.1. The minimum absolute atomic E-state index is 0.159. The number of para-hydroxylation sites is 1. The summed E-state index contributed by atoms with van der Waals surface area (Å²) >= 11 is 0. The topological polar surface area (TPSA) is 62.0 Å². The van der Waals surface area contributed by atoms with E-state index in [0.717, 1.165) is 25.2 Å². The fourth-order valence-electron chi connectivity index (χ4n) is 3.00. The fraction of sp³-hybridized carbons (Fsp3) is 0.211. The third-order valence-electron chi connectivity index (χ3n) is 4.21. The van der Waals surface area contributed by atoms with Crippen molar-refractivity contribution in [2.75, 3.05) is 13.1 Å². The number of fused-ring (bicyclic) bond motifs is 1. The summed E-state index contributed by atoms with van der Waals surface area (Å²) in [6.07, 6.45) is 3.63. The molecule has 0 unspecified atom stereocenters. The van der Waals surface area contributed by atoms with E-state index in [1.807, 2.05) is 30.5 Å². The van der Waals surface area contributed by atoms with Gasteiger partial charge < -0.3 is 4.74 Å². The van der Waals surface area contributed by atoms with E-state index in [1.54, 1.807) is 18.3 Å². The number of hydrogen-bond acceptors (Lipinski definition) is 5. The van der Waals surface area contributed by atoms with Crippen LogP contribution in [0, 0.1) is 11.3 Å². The first kappa shape index (κ1) is 14.6. The highest BCUT2D eigenvalue weighted by atomic mass is 16.5. The monoisotopic (exact) mass is 316 g/mol. The predicted octanol–water partition coefficient (Wildman–Crippen LogP) is 2.76. The maximum absolute atomic E-state index is 8.88. The van der Waals surface area contributed by atoms with Crippen LogP contribution < -0.4 is 4.74 Å². The molecule has 5 heteroatoms. The van der Waals surface area contributed by atoms with E-state index < -0.39 is 0 Å². The normalized spacial score (nSPS) is 15.0. The smallest absolute Gasteiger partial charge is 0.144 e. The first-order valence-corrected chi connectivity index (χ1v) is 7.89. The number of benzene rings is 1. The molecule has 0 radical (unpaired) electrons. The first-order valence-electron chi connectivity index (χ1n) is 7.89. The summed E-state index contributed by atoms with van der Waals surface area (Å²) in [6, 6.07) is 15.8. The van der Waals surface area contributed by atoms with E-state index in [0.29, 0.717) is 11.4 Å². The second kappa shape index (κ2) is 6.26. The van der Waals surface area contributed by atoms with Crippen molar-refractivity contribution in [3.63, 3.8) is 0 Å². The Morgan fingerprint density at radius 2 is 1.96 bits per heavy atom. The van der Waals surface area contributed by atoms with Gasteiger partial charge in [0, 0.05) is 43.5 Å². The maximum atomic E-state index is 8.88. The van der Waals surface area contributed by atoms with Crippen molar-refractivity contribution in [3.8, 4) is 11.8 Å². The average molecular weight is 316 g/mol. The largest absolute Gasteiger partial charge is 0.488 e. The molecule has 1 aliphatic heterocycles. The fourth-order valence-corrected chi connectivity index (χ4v) is 3.00. The molecule has 3 aromatic rings. The second-order valence-electron chi connectivity index (χ2n) is 5.91. The minimum Gasteiger partial charge on any atom is -0.488 e. The van der Waals surface area contributed by atoms with E-state index in [-0.39, 0.29) is 6.10 Å². The third kappa shape index (κ3) is 2.92. The molecule has 1 aliphatic rings. The molecule has 0 aliphatic carbocycles. The number of nitrogens with zero attached hydrogens (tertiary/aromatic N) is 4. The van der Waals surface area contributed by atoms with Crippen LogP contribution in [0.25, 0.3) is 10.9 Å². The van der Waals surface area contributed by atoms with E-state index in [9.17, 15) is 0 Å². The maximum Gasteiger partial charge on any atom is 0.144 e. The zero-order chi connectivity index (χ0) is 16.4. The quantitative estimate of drug-likeness (QED) is 0.740. The summed E-state index contributed by atoms with van der Waals surface area (Å²) in [4.78, 5) is 10.7. The SMILES string of the molecule is N#Cc1cc(OC2CN(Cc3ccnc4ccccc34)C2)ccn1. The molecule has 3 heterocycles. The standard InChI is InChI=1S/C19H16N4O/c20-10-15-9-16(6-8-21-15)24-17-12-23(13-17)11-14-5-7-22-19-4-2-1-3-18(14)19/h1-9,17H,11-13H2. The molecule has 0 bridgehead atoms. The lowest BCUT2D eigenvalue weighted by molar-refractivity contribution is 0.0147. The molecule has 1 aromatic carbocycles. The van der Waals surface area contributed by atoms with Crippen molar-refractivity contribution >= 4 is 10.9 Å². The molecule has 0 saturated carbocycles. The number of hydrogen-bond donors (Lipinski definition) is 0. The summed E-state index contributed by atoms with van der Waals surface area (Å²) < 4.78 is 5.90. The van der Waals surface area contributed by atoms with Crippen LogP contribution in [0.3, 0.4) is 0 Å². The van der Waals surface area contributed by atoms with Gasteiger partial charge in [0.05, 0.1) is 5.52 Å². The zero-order valence-electron chi connectivity index (χ0n) is 13.1. The Kier molecular flexibility index (Phi) is 3.81. The van der Waals surface area contributed by atoms with Gasteiger partial charge in [-0.15, -0.1) is 0 Å². The van der Waals surface area contributed by atoms with Crippen LogP contribution in [0.15, 0.2) is 54.9 Å². The zero-order valence-corrected chi connectivity index (χ0v) is 13.1. The number of nitriles is 1. The van der Waals surface area contributed by atoms with Crippen molar-refractivity contribution in [3.05, 3.63) is 66.1 Å². The number of likely N-dealkylation sites (tertiary alicyclic amines) is 1. The molecule has 0 N–H and O–H groups in total. The Hall–Kier alpha value is -2.97. The summed E-state index contributed by atoms with van der Waals surface area (Å²) in [6.45, 7) is 2.64. The van der Waals surface area contributed by atoms with E-state index in [2.05, 4.69) is 27.0 Å². The minimum atomic E-state index is 0.159. The lowest BCUT2D eigenvalue weighted by Gasteiger charge is -2.39. The van der Waals surface area contributed by atoms with Gasteiger partial charge in [-0.25, -0.2) is 4.98 Å². The van der Waals surface area contributed by atoms with Crippen molar-refractivity contribution < 1.29 is 4.74 Å². The molecule has 1 fully saturated rings. The van der Waals surface area contributed by atoms with Crippen molar-refractivity contribution in [1.29, 1.82) is 5.26 Å². The molecule has 118 valence electrons. The summed E-state index contributed by atoms with van der Waals surface area (Å²) in [5.41, 5.74) is 2.70. The second-order valence-corrected chi connectivity index (χ2v) is 5.91. The number of aromatic nitrogens is 2. The molecular formula is C19H16N4O. The number of pyridine rings is 2. The highest BCUT2D eigenvalue weighted by Gasteiger charge is 2.28. The van der Waals surface area contributed by atoms with Gasteiger partial charge in [-0.3, -0.25) is 9.88 Å². The highest BCUT2D eigenvalue weighted by Crippen LogP contribution is 2.23. The molecule has 4 rings (SSSR count). The van der Waals surface area contributed by atoms with Crippen LogP contribution in [0.5, 0.6) is 5.75 Å². The van der Waals surface area contributed by atoms with Gasteiger partial charge in [-0.05, 0) is 23.8 Å². The van der Waals surface area contributed by atoms with Gasteiger partial charge in [0.25, 0.3) is 0 Å². The van der Waals surface area contributed by atoms with Crippen molar-refractivity contribution in [2.24, 2.45) is 0 Å². The molecule has 0 spiro atoms. The molecule has 24 heavy (non-hydrogen) atoms. The molecule has 2 aromatic heterocycles. The summed E-state index contributed by atoms with van der Waals surface area (Å²) in [5, 5.41) is 10.1. The Morgan fingerprint density at radius 1 is 1.12 bits per heavy atom. The van der Waals surface area contributed by atoms with Crippen LogP contribution in [0.4, 0.5) is 0 Å². The van der Waals surface area contributed by atoms with E-state index >= 15 is 0 Å². The van der Waals surface area contributed by atoms with Gasteiger partial charge in [0.2, 0.25) is 0 Å². The van der Waals surface area contributed by atoms with Gasteiger partial charge >= 0.3 is 0 Å². The Labute approximate surface area is 140 Å². The van der Waals surface area contributed by atoms with Crippen LogP contribution in [-0.2, 0) is 6.54 Å². The van der Waals surface area contributed by atoms with Crippen molar-refractivity contribution in [1.82, 2.24) is 14.9 Å². The summed E-state index contributed by atoms with van der Waals surface area (Å²) in [7, 11) is 0. The third-order valence-corrected chi connectivity index (χ3v) is 4.21. The van der Waals surface area contributed by atoms with E-state index in [1.165, 1.54) is 10.9 Å². The van der Waals surface area contributed by atoms with Crippen LogP contribution in [0.2, 0.25) is 0 Å². The number of ether oxygens (including phenoxy) is 1. The van der Waals surface area contributed by atoms with Crippen LogP contribution >= 0.6 is 0 Å². The van der Waals surface area contributed by atoms with E-state index in [4.69, 9.17) is 10.00 Å². The molecule has 5 nitrogen and oxygen atoms in total. The van der Waals surface area contributed by atoms with Gasteiger partial charge in [-0.2, -0.15) is 5.26 Å². The first-order chi connectivity index (χ1) is 11.8. The Morgan fingerprint density at radius 3 is 2.83 bits per heavy atom. The van der Waals surface area contributed by atoms with Crippen LogP contribution in [0.1, 0.15) is 11.3 Å².